The van der Waals surface area contributed by atoms with Gasteiger partial charge in [0.2, 0.25) is 0 Å². The first kappa shape index (κ1) is 23.1. The van der Waals surface area contributed by atoms with Gasteiger partial charge in [-0.1, -0.05) is 25.3 Å². The second kappa shape index (κ2) is 11.7. The first-order valence-electron chi connectivity index (χ1n) is 12.3. The van der Waals surface area contributed by atoms with E-state index in [0.29, 0.717) is 5.92 Å². The number of benzene rings is 1. The summed E-state index contributed by atoms with van der Waals surface area (Å²) < 4.78 is 11.2. The van der Waals surface area contributed by atoms with E-state index in [9.17, 15) is 0 Å². The molecule has 32 heavy (non-hydrogen) atoms. The molecule has 5 nitrogen and oxygen atoms in total. The van der Waals surface area contributed by atoms with Crippen LogP contribution in [-0.4, -0.2) is 54.7 Å². The van der Waals surface area contributed by atoms with Crippen LogP contribution in [0, 0.1) is 5.92 Å². The molecule has 1 aliphatic heterocycles. The van der Waals surface area contributed by atoms with Crippen molar-refractivity contribution in [1.82, 2.24) is 14.8 Å². The van der Waals surface area contributed by atoms with Crippen molar-refractivity contribution in [3.05, 3.63) is 53.9 Å². The number of pyridine rings is 1. The van der Waals surface area contributed by atoms with Crippen molar-refractivity contribution < 1.29 is 9.47 Å². The molecule has 5 heteroatoms. The Bertz CT molecular complexity index is 823. The SMILES string of the molecule is COc1ccc(OC)c(CN(Cc2cccnc2)CC2CCCN(C3CCCCC3)C2)c1. The highest BCUT2D eigenvalue weighted by atomic mass is 16.5. The highest BCUT2D eigenvalue weighted by Crippen LogP contribution is 2.30. The number of piperidine rings is 1. The van der Waals surface area contributed by atoms with Crippen LogP contribution >= 0.6 is 0 Å². The van der Waals surface area contributed by atoms with Crippen molar-refractivity contribution in [2.24, 2.45) is 5.92 Å². The summed E-state index contributed by atoms with van der Waals surface area (Å²) in [5, 5.41) is 0. The highest BCUT2D eigenvalue weighted by molar-refractivity contribution is 5.40. The van der Waals surface area contributed by atoms with E-state index in [4.69, 9.17) is 9.47 Å². The van der Waals surface area contributed by atoms with Crippen molar-refractivity contribution in [2.45, 2.75) is 64.1 Å². The van der Waals surface area contributed by atoms with Crippen LogP contribution in [0.25, 0.3) is 0 Å². The van der Waals surface area contributed by atoms with Gasteiger partial charge in [0.05, 0.1) is 14.2 Å². The number of rotatable bonds is 9. The van der Waals surface area contributed by atoms with Crippen molar-refractivity contribution >= 4 is 0 Å². The first-order valence-corrected chi connectivity index (χ1v) is 12.3. The Labute approximate surface area is 193 Å². The number of methoxy groups -OCH3 is 2. The molecule has 2 aromatic rings. The first-order chi connectivity index (χ1) is 15.7. The molecule has 1 saturated heterocycles. The minimum Gasteiger partial charge on any atom is -0.497 e. The van der Waals surface area contributed by atoms with Gasteiger partial charge in [-0.05, 0) is 68.0 Å². The Kier molecular flexibility index (Phi) is 8.41. The number of hydrogen-bond donors (Lipinski definition) is 0. The average molecular weight is 438 g/mol. The summed E-state index contributed by atoms with van der Waals surface area (Å²) >= 11 is 0. The van der Waals surface area contributed by atoms with Crippen molar-refractivity contribution in [1.29, 1.82) is 0 Å². The van der Waals surface area contributed by atoms with Gasteiger partial charge in [0.1, 0.15) is 11.5 Å². The summed E-state index contributed by atoms with van der Waals surface area (Å²) in [5.74, 6) is 2.51. The Morgan fingerprint density at radius 3 is 2.62 bits per heavy atom. The molecule has 4 rings (SSSR count). The van der Waals surface area contributed by atoms with Gasteiger partial charge in [0.25, 0.3) is 0 Å². The standard InChI is InChI=1S/C27H39N3O2/c1-31-26-12-13-27(32-2)24(16-26)21-29(18-22-8-6-14-28-17-22)19-23-9-7-15-30(20-23)25-10-4-3-5-11-25/h6,8,12-14,16-17,23,25H,3-5,7,9-11,15,18-21H2,1-2H3. The summed E-state index contributed by atoms with van der Waals surface area (Å²) in [7, 11) is 3.47. The van der Waals surface area contributed by atoms with Gasteiger partial charge in [-0.25, -0.2) is 0 Å². The quantitative estimate of drug-likeness (QED) is 0.543. The minimum atomic E-state index is 0.707. The van der Waals surface area contributed by atoms with Crippen LogP contribution in [0.15, 0.2) is 42.7 Å². The molecule has 0 N–H and O–H groups in total. The summed E-state index contributed by atoms with van der Waals surface area (Å²) in [5.41, 5.74) is 2.44. The molecule has 0 radical (unpaired) electrons. The van der Waals surface area contributed by atoms with E-state index < -0.39 is 0 Å². The fraction of sp³-hybridized carbons (Fsp3) is 0.593. The van der Waals surface area contributed by atoms with Gasteiger partial charge < -0.3 is 14.4 Å². The van der Waals surface area contributed by atoms with Crippen LogP contribution in [0.3, 0.4) is 0 Å². The predicted molar refractivity (Wildman–Crippen MR) is 129 cm³/mol. The van der Waals surface area contributed by atoms with Crippen LogP contribution in [0.1, 0.15) is 56.1 Å². The molecule has 2 fully saturated rings. The van der Waals surface area contributed by atoms with Crippen molar-refractivity contribution in [3.63, 3.8) is 0 Å². The molecule has 0 spiro atoms. The molecule has 2 heterocycles. The third-order valence-electron chi connectivity index (χ3n) is 7.17. The van der Waals surface area contributed by atoms with Crippen molar-refractivity contribution in [2.75, 3.05) is 33.9 Å². The summed E-state index contributed by atoms with van der Waals surface area (Å²) in [6.45, 7) is 5.36. The maximum absolute atomic E-state index is 5.68. The average Bonchev–Trinajstić information content (AvgIpc) is 2.85. The molecule has 0 bridgehead atoms. The lowest BCUT2D eigenvalue weighted by Gasteiger charge is -2.41. The third kappa shape index (κ3) is 6.23. The molecule has 1 aromatic heterocycles. The van der Waals surface area contributed by atoms with Gasteiger partial charge in [-0.15, -0.1) is 0 Å². The Morgan fingerprint density at radius 2 is 1.88 bits per heavy atom. The minimum absolute atomic E-state index is 0.707. The Hall–Kier alpha value is -2.11. The molecule has 174 valence electrons. The molecule has 1 saturated carbocycles. The van der Waals surface area contributed by atoms with Gasteiger partial charge in [-0.3, -0.25) is 9.88 Å². The van der Waals surface area contributed by atoms with Gasteiger partial charge in [0.15, 0.2) is 0 Å². The van der Waals surface area contributed by atoms with E-state index in [1.807, 2.05) is 30.6 Å². The zero-order chi connectivity index (χ0) is 22.2. The number of hydrogen-bond acceptors (Lipinski definition) is 5. The van der Waals surface area contributed by atoms with E-state index in [-0.39, 0.29) is 0 Å². The monoisotopic (exact) mass is 437 g/mol. The van der Waals surface area contributed by atoms with Crippen LogP contribution in [-0.2, 0) is 13.1 Å². The predicted octanol–water partition coefficient (Wildman–Crippen LogP) is 5.15. The van der Waals surface area contributed by atoms with Gasteiger partial charge in [0, 0.05) is 50.2 Å². The fourth-order valence-corrected chi connectivity index (χ4v) is 5.57. The Morgan fingerprint density at radius 1 is 1.00 bits per heavy atom. The normalized spacial score (nSPS) is 20.4. The molecule has 1 unspecified atom stereocenters. The van der Waals surface area contributed by atoms with Gasteiger partial charge >= 0.3 is 0 Å². The number of aromatic nitrogens is 1. The number of ether oxygens (including phenoxy) is 2. The zero-order valence-electron chi connectivity index (χ0n) is 19.8. The maximum atomic E-state index is 5.68. The van der Waals surface area contributed by atoms with E-state index in [1.165, 1.54) is 69.2 Å². The topological polar surface area (TPSA) is 37.8 Å². The second-order valence-electron chi connectivity index (χ2n) is 9.50. The van der Waals surface area contributed by atoms with Crippen molar-refractivity contribution in [3.8, 4) is 11.5 Å². The van der Waals surface area contributed by atoms with Crippen LogP contribution in [0.5, 0.6) is 11.5 Å². The lowest BCUT2D eigenvalue weighted by molar-refractivity contribution is 0.0769. The van der Waals surface area contributed by atoms with E-state index in [0.717, 1.165) is 37.2 Å². The molecule has 2 aliphatic rings. The maximum Gasteiger partial charge on any atom is 0.123 e. The molecule has 1 atom stereocenters. The number of nitrogens with zero attached hydrogens (tertiary/aromatic N) is 3. The van der Waals surface area contributed by atoms with Crippen LogP contribution in [0.2, 0.25) is 0 Å². The molecule has 1 aliphatic carbocycles. The molecule has 1 aromatic carbocycles. The molecular formula is C27H39N3O2. The lowest BCUT2D eigenvalue weighted by atomic mass is 9.90. The summed E-state index contributed by atoms with van der Waals surface area (Å²) in [4.78, 5) is 9.73. The Balaban J connectivity index is 1.48. The summed E-state index contributed by atoms with van der Waals surface area (Å²) in [6, 6.07) is 11.1. The highest BCUT2D eigenvalue weighted by Gasteiger charge is 2.28. The largest absolute Gasteiger partial charge is 0.497 e. The summed E-state index contributed by atoms with van der Waals surface area (Å²) in [6.07, 6.45) is 13.5. The molecular weight excluding hydrogens is 398 g/mol. The molecule has 0 amide bonds. The van der Waals surface area contributed by atoms with E-state index in [1.54, 1.807) is 14.2 Å². The number of likely N-dealkylation sites (tertiary alicyclic amines) is 1. The fourth-order valence-electron chi connectivity index (χ4n) is 5.57. The van der Waals surface area contributed by atoms with Crippen LogP contribution in [0.4, 0.5) is 0 Å². The zero-order valence-corrected chi connectivity index (χ0v) is 19.8. The lowest BCUT2D eigenvalue weighted by Crippen LogP contribution is -2.46. The van der Waals surface area contributed by atoms with E-state index in [2.05, 4.69) is 26.9 Å². The van der Waals surface area contributed by atoms with Crippen LogP contribution < -0.4 is 9.47 Å². The van der Waals surface area contributed by atoms with Gasteiger partial charge in [-0.2, -0.15) is 0 Å². The third-order valence-corrected chi connectivity index (χ3v) is 7.17. The second-order valence-corrected chi connectivity index (χ2v) is 9.50. The van der Waals surface area contributed by atoms with E-state index >= 15 is 0 Å². The smallest absolute Gasteiger partial charge is 0.123 e.